The minimum Gasteiger partial charge on any atom is -0.310 e. The number of hydrogen-bond donors (Lipinski definition) is 0. The molecule has 3 aliphatic rings. The highest BCUT2D eigenvalue weighted by molar-refractivity contribution is 6.05. The second-order valence-electron chi connectivity index (χ2n) is 24.7. The third-order valence-electron chi connectivity index (χ3n) is 19.5. The van der Waals surface area contributed by atoms with Gasteiger partial charge in [0, 0.05) is 39.4 Å². The molecular weight excluding hydrogens is 1080 g/mol. The number of nitrogens with zero attached hydrogens (tertiary/aromatic N) is 2. The molecule has 0 fully saturated rings. The van der Waals surface area contributed by atoms with Crippen LogP contribution < -0.4 is 9.80 Å². The van der Waals surface area contributed by atoms with Gasteiger partial charge in [-0.05, 0) is 184 Å². The molecule has 14 aromatic carbocycles. The van der Waals surface area contributed by atoms with Crippen LogP contribution in [0.4, 0.5) is 34.1 Å². The first kappa shape index (κ1) is 53.0. The predicted molar refractivity (Wildman–Crippen MR) is 377 cm³/mol. The van der Waals surface area contributed by atoms with Crippen molar-refractivity contribution in [2.75, 3.05) is 9.80 Å². The molecule has 0 saturated heterocycles. The van der Waals surface area contributed by atoms with Crippen LogP contribution in [0.3, 0.4) is 0 Å². The molecule has 17 rings (SSSR count). The summed E-state index contributed by atoms with van der Waals surface area (Å²) in [7, 11) is 0. The van der Waals surface area contributed by atoms with Crippen LogP contribution in [0.1, 0.15) is 47.2 Å². The van der Waals surface area contributed by atoms with Gasteiger partial charge in [-0.2, -0.15) is 0 Å². The summed E-state index contributed by atoms with van der Waals surface area (Å²) < 4.78 is 0. The zero-order valence-corrected chi connectivity index (χ0v) is 50.2. The molecule has 14 aromatic rings. The fourth-order valence-corrected chi connectivity index (χ4v) is 15.4. The Morgan fingerprint density at radius 3 is 1.00 bits per heavy atom. The highest BCUT2D eigenvalue weighted by atomic mass is 15.1. The SMILES string of the molecule is CC1(C)c2ccccc2-c2ccc(N(c3ccc(-c4ccccc4)cc3)c3ccc4c(c3)C3(c5ccccc5-c5ccccc5-c5cccc(N(c6ccc(-c7ccccc7)cc6)c6ccc(-c7ccccc7)cc6)c5-c5ccccc53)c3ccccc3-4)cc21. The van der Waals surface area contributed by atoms with E-state index in [2.05, 4.69) is 363 Å². The van der Waals surface area contributed by atoms with E-state index < -0.39 is 5.41 Å². The van der Waals surface area contributed by atoms with Gasteiger partial charge in [-0.1, -0.05) is 287 Å². The first-order chi connectivity index (χ1) is 44.4. The third-order valence-corrected chi connectivity index (χ3v) is 19.5. The molecule has 0 N–H and O–H groups in total. The van der Waals surface area contributed by atoms with Gasteiger partial charge in [0.25, 0.3) is 0 Å². The average molecular weight is 1150 g/mol. The number of fused-ring (bicyclic) bond motifs is 17. The Hall–Kier alpha value is -11.3. The van der Waals surface area contributed by atoms with Gasteiger partial charge in [-0.25, -0.2) is 0 Å². The van der Waals surface area contributed by atoms with Crippen molar-refractivity contribution in [3.8, 4) is 89.0 Å². The average Bonchev–Trinajstić information content (AvgIpc) is 1.51. The standard InChI is InChI=1S/C88H62N2/c1-87(2)79-36-18-14-32-73(79)75-55-53-68(57-83(75)87)89(65-47-41-62(42-48-65)59-23-6-3-7-24-59)69-54-56-76-74-33-16-20-38-81(74)88(84(76)58-69)80-37-19-15-31-72(80)70-29-12-13-30-71(70)77-35-22-40-85(86(77)78-34-17-21-39-82(78)88)90(66-49-43-63(44-50-66)60-25-8-4-9-26-60)67-51-45-64(46-52-67)61-27-10-5-11-28-61/h3-58H,1-2H3. The fourth-order valence-electron chi connectivity index (χ4n) is 15.4. The van der Waals surface area contributed by atoms with Gasteiger partial charge in [0.1, 0.15) is 0 Å². The van der Waals surface area contributed by atoms with E-state index in [-0.39, 0.29) is 5.41 Å². The van der Waals surface area contributed by atoms with Crippen molar-refractivity contribution >= 4 is 34.1 Å². The molecule has 424 valence electrons. The van der Waals surface area contributed by atoms with E-state index in [9.17, 15) is 0 Å². The monoisotopic (exact) mass is 1150 g/mol. The largest absolute Gasteiger partial charge is 0.310 e. The second-order valence-corrected chi connectivity index (χ2v) is 24.7. The van der Waals surface area contributed by atoms with E-state index in [4.69, 9.17) is 0 Å². The molecule has 2 heteroatoms. The highest BCUT2D eigenvalue weighted by Gasteiger charge is 2.50. The summed E-state index contributed by atoms with van der Waals surface area (Å²) in [4.78, 5) is 5.00. The molecule has 0 radical (unpaired) electrons. The Bertz CT molecular complexity index is 4980. The minimum atomic E-state index is -0.832. The quantitative estimate of drug-likeness (QED) is 0.142. The van der Waals surface area contributed by atoms with Crippen molar-refractivity contribution in [3.63, 3.8) is 0 Å². The third kappa shape index (κ3) is 8.33. The second kappa shape index (κ2) is 21.2. The van der Waals surface area contributed by atoms with Gasteiger partial charge in [0.15, 0.2) is 0 Å². The summed E-state index contributed by atoms with van der Waals surface area (Å²) in [5, 5.41) is 0. The molecule has 1 spiro atoms. The molecule has 0 amide bonds. The molecule has 1 unspecified atom stereocenters. The van der Waals surface area contributed by atoms with E-state index >= 15 is 0 Å². The maximum absolute atomic E-state index is 2.55. The van der Waals surface area contributed by atoms with Crippen molar-refractivity contribution in [2.45, 2.75) is 24.7 Å². The highest BCUT2D eigenvalue weighted by Crippen LogP contribution is 2.63. The van der Waals surface area contributed by atoms with E-state index in [1.807, 2.05) is 0 Å². The first-order valence-electron chi connectivity index (χ1n) is 31.4. The normalized spacial score (nSPS) is 14.2. The lowest BCUT2D eigenvalue weighted by molar-refractivity contribution is 0.660. The van der Waals surface area contributed by atoms with Crippen molar-refractivity contribution in [3.05, 3.63) is 373 Å². The van der Waals surface area contributed by atoms with Crippen LogP contribution in [-0.2, 0) is 10.8 Å². The molecule has 90 heavy (non-hydrogen) atoms. The number of anilines is 6. The number of hydrogen-bond acceptors (Lipinski definition) is 2. The van der Waals surface area contributed by atoms with Gasteiger partial charge in [-0.3, -0.25) is 0 Å². The summed E-state index contributed by atoms with van der Waals surface area (Å²) in [6, 6.07) is 127. The van der Waals surface area contributed by atoms with Crippen LogP contribution in [0, 0.1) is 0 Å². The lowest BCUT2D eigenvalue weighted by Crippen LogP contribution is -2.30. The van der Waals surface area contributed by atoms with Crippen molar-refractivity contribution in [1.82, 2.24) is 0 Å². The number of benzene rings is 14. The zero-order valence-electron chi connectivity index (χ0n) is 50.2. The van der Waals surface area contributed by atoms with Crippen LogP contribution in [0.15, 0.2) is 340 Å². The first-order valence-corrected chi connectivity index (χ1v) is 31.4. The van der Waals surface area contributed by atoms with Gasteiger partial charge in [0.05, 0.1) is 11.1 Å². The van der Waals surface area contributed by atoms with Gasteiger partial charge in [0.2, 0.25) is 0 Å². The zero-order chi connectivity index (χ0) is 59.9. The van der Waals surface area contributed by atoms with Crippen molar-refractivity contribution in [2.24, 2.45) is 0 Å². The summed E-state index contributed by atoms with van der Waals surface area (Å²) in [6.07, 6.45) is 0. The molecule has 0 heterocycles. The molecular formula is C88H62N2. The Labute approximate surface area is 527 Å². The van der Waals surface area contributed by atoms with Crippen LogP contribution in [0.2, 0.25) is 0 Å². The van der Waals surface area contributed by atoms with Gasteiger partial charge >= 0.3 is 0 Å². The molecule has 0 aliphatic heterocycles. The van der Waals surface area contributed by atoms with E-state index in [0.29, 0.717) is 0 Å². The maximum atomic E-state index is 2.55. The van der Waals surface area contributed by atoms with E-state index in [1.165, 1.54) is 117 Å². The smallest absolute Gasteiger partial charge is 0.0726 e. The molecule has 2 nitrogen and oxygen atoms in total. The number of rotatable bonds is 9. The molecule has 1 atom stereocenters. The van der Waals surface area contributed by atoms with Crippen LogP contribution in [0.5, 0.6) is 0 Å². The maximum Gasteiger partial charge on any atom is 0.0726 e. The summed E-state index contributed by atoms with van der Waals surface area (Å²) in [5.74, 6) is 0. The van der Waals surface area contributed by atoms with Crippen molar-refractivity contribution < 1.29 is 0 Å². The Morgan fingerprint density at radius 1 is 0.200 bits per heavy atom. The summed E-state index contributed by atoms with van der Waals surface area (Å²) in [6.45, 7) is 4.76. The minimum absolute atomic E-state index is 0.197. The van der Waals surface area contributed by atoms with Gasteiger partial charge < -0.3 is 9.80 Å². The van der Waals surface area contributed by atoms with E-state index in [1.54, 1.807) is 0 Å². The lowest BCUT2D eigenvalue weighted by atomic mass is 9.64. The fraction of sp³-hybridized carbons (Fsp3) is 0.0455. The van der Waals surface area contributed by atoms with Crippen LogP contribution in [0.25, 0.3) is 89.0 Å². The summed E-state index contributed by atoms with van der Waals surface area (Å²) in [5.41, 5.74) is 32.4. The lowest BCUT2D eigenvalue weighted by Gasteiger charge is -2.38. The Morgan fingerprint density at radius 2 is 0.511 bits per heavy atom. The topological polar surface area (TPSA) is 6.48 Å². The molecule has 0 saturated carbocycles. The van der Waals surface area contributed by atoms with Gasteiger partial charge in [-0.15, -0.1) is 0 Å². The Balaban J connectivity index is 0.933. The molecule has 3 aliphatic carbocycles. The molecule has 0 aromatic heterocycles. The predicted octanol–water partition coefficient (Wildman–Crippen LogP) is 23.6. The van der Waals surface area contributed by atoms with Crippen molar-refractivity contribution in [1.29, 1.82) is 0 Å². The van der Waals surface area contributed by atoms with Crippen LogP contribution in [-0.4, -0.2) is 0 Å². The Kier molecular flexibility index (Phi) is 12.5. The summed E-state index contributed by atoms with van der Waals surface area (Å²) >= 11 is 0. The van der Waals surface area contributed by atoms with Crippen LogP contribution >= 0.6 is 0 Å². The molecule has 0 bridgehead atoms. The van der Waals surface area contributed by atoms with E-state index in [0.717, 1.165) is 39.7 Å².